The molecule has 0 aliphatic carbocycles. The molecule has 96 valence electrons. The maximum Gasteiger partial charge on any atom is 0.0683 e. The Morgan fingerprint density at radius 3 is 2.22 bits per heavy atom. The van der Waals surface area contributed by atoms with E-state index in [0.717, 1.165) is 5.69 Å². The molecule has 1 aromatic heterocycles. The molecule has 2 heteroatoms. The largest absolute Gasteiger partial charge is 0.240 e. The number of aromatic nitrogens is 2. The van der Waals surface area contributed by atoms with Crippen LogP contribution in [0.2, 0.25) is 0 Å². The van der Waals surface area contributed by atoms with Crippen LogP contribution in [0.4, 0.5) is 0 Å². The predicted molar refractivity (Wildman–Crippen MR) is 76.5 cm³/mol. The second-order valence-corrected chi connectivity index (χ2v) is 5.53. The minimum atomic E-state index is 0.505. The van der Waals surface area contributed by atoms with Crippen LogP contribution in [0.25, 0.3) is 5.69 Å². The number of benzene rings is 1. The molecular formula is C16H22N2. The fourth-order valence-corrected chi connectivity index (χ4v) is 2.16. The third-order valence-corrected chi connectivity index (χ3v) is 3.31. The summed E-state index contributed by atoms with van der Waals surface area (Å²) in [5, 5.41) is 4.54. The Bertz CT molecular complexity index is 536. The molecule has 2 rings (SSSR count). The Balaban J connectivity index is 2.57. The van der Waals surface area contributed by atoms with Gasteiger partial charge in [0.25, 0.3) is 0 Å². The summed E-state index contributed by atoms with van der Waals surface area (Å²) >= 11 is 0. The second-order valence-electron chi connectivity index (χ2n) is 5.53. The van der Waals surface area contributed by atoms with E-state index in [0.29, 0.717) is 11.8 Å². The van der Waals surface area contributed by atoms with Gasteiger partial charge in [-0.25, -0.2) is 4.68 Å². The maximum absolute atomic E-state index is 4.54. The van der Waals surface area contributed by atoms with Crippen molar-refractivity contribution < 1.29 is 0 Å². The van der Waals surface area contributed by atoms with Crippen LogP contribution < -0.4 is 0 Å². The molecule has 2 aromatic rings. The monoisotopic (exact) mass is 242 g/mol. The van der Waals surface area contributed by atoms with Gasteiger partial charge in [-0.3, -0.25) is 0 Å². The Labute approximate surface area is 110 Å². The van der Waals surface area contributed by atoms with E-state index >= 15 is 0 Å². The van der Waals surface area contributed by atoms with Crippen molar-refractivity contribution in [2.24, 2.45) is 0 Å². The average Bonchev–Trinajstić information content (AvgIpc) is 2.74. The minimum absolute atomic E-state index is 0.505. The van der Waals surface area contributed by atoms with E-state index in [2.05, 4.69) is 51.0 Å². The van der Waals surface area contributed by atoms with E-state index in [1.54, 1.807) is 0 Å². The summed E-state index contributed by atoms with van der Waals surface area (Å²) in [6.07, 6.45) is 2.04. The van der Waals surface area contributed by atoms with Gasteiger partial charge in [0.15, 0.2) is 0 Å². The molecule has 0 amide bonds. The van der Waals surface area contributed by atoms with Crippen molar-refractivity contribution in [1.29, 1.82) is 0 Å². The molecule has 18 heavy (non-hydrogen) atoms. The van der Waals surface area contributed by atoms with Gasteiger partial charge >= 0.3 is 0 Å². The van der Waals surface area contributed by atoms with Gasteiger partial charge in [-0.2, -0.15) is 5.10 Å². The van der Waals surface area contributed by atoms with Crippen molar-refractivity contribution in [3.63, 3.8) is 0 Å². The van der Waals surface area contributed by atoms with Gasteiger partial charge in [-0.05, 0) is 42.0 Å². The highest BCUT2D eigenvalue weighted by molar-refractivity contribution is 5.46. The summed E-state index contributed by atoms with van der Waals surface area (Å²) < 4.78 is 2.00. The van der Waals surface area contributed by atoms with Gasteiger partial charge in [0.2, 0.25) is 0 Å². The third-order valence-electron chi connectivity index (χ3n) is 3.31. The van der Waals surface area contributed by atoms with Gasteiger partial charge in [-0.1, -0.05) is 39.8 Å². The highest BCUT2D eigenvalue weighted by atomic mass is 15.3. The van der Waals surface area contributed by atoms with Crippen molar-refractivity contribution in [3.8, 4) is 5.69 Å². The van der Waals surface area contributed by atoms with Crippen LogP contribution >= 0.6 is 0 Å². The molecule has 0 saturated heterocycles. The van der Waals surface area contributed by atoms with Crippen molar-refractivity contribution in [3.05, 3.63) is 47.3 Å². The molecule has 0 N–H and O–H groups in total. The first kappa shape index (κ1) is 12.9. The Kier molecular flexibility index (Phi) is 3.55. The first-order chi connectivity index (χ1) is 8.49. The summed E-state index contributed by atoms with van der Waals surface area (Å²) in [4.78, 5) is 0. The zero-order chi connectivity index (χ0) is 13.3. The molecule has 0 aliphatic rings. The Morgan fingerprint density at radius 2 is 1.72 bits per heavy atom. The van der Waals surface area contributed by atoms with E-state index in [1.165, 1.54) is 16.8 Å². The Hall–Kier alpha value is -1.57. The first-order valence-corrected chi connectivity index (χ1v) is 6.65. The quantitative estimate of drug-likeness (QED) is 0.778. The molecule has 0 spiro atoms. The maximum atomic E-state index is 4.54. The number of rotatable bonds is 3. The van der Waals surface area contributed by atoms with Gasteiger partial charge < -0.3 is 0 Å². The van der Waals surface area contributed by atoms with Crippen LogP contribution in [0.1, 0.15) is 56.4 Å². The molecule has 0 aliphatic heterocycles. The molecule has 0 atom stereocenters. The van der Waals surface area contributed by atoms with Crippen molar-refractivity contribution in [2.75, 3.05) is 0 Å². The van der Waals surface area contributed by atoms with E-state index in [9.17, 15) is 0 Å². The predicted octanol–water partition coefficient (Wildman–Crippen LogP) is 4.43. The van der Waals surface area contributed by atoms with Crippen LogP contribution in [-0.4, -0.2) is 9.78 Å². The number of hydrogen-bond donors (Lipinski definition) is 0. The van der Waals surface area contributed by atoms with Crippen LogP contribution in [0.15, 0.2) is 30.5 Å². The molecule has 1 heterocycles. The SMILES string of the molecule is Cc1ccn(-c2cc(C(C)C)ccc2C(C)C)n1. The summed E-state index contributed by atoms with van der Waals surface area (Å²) in [5.41, 5.74) is 4.98. The number of aryl methyl sites for hydroxylation is 1. The molecule has 2 nitrogen and oxygen atoms in total. The normalized spacial score (nSPS) is 11.5. The van der Waals surface area contributed by atoms with Crippen LogP contribution in [0.5, 0.6) is 0 Å². The lowest BCUT2D eigenvalue weighted by Crippen LogP contribution is -2.04. The van der Waals surface area contributed by atoms with Crippen LogP contribution in [-0.2, 0) is 0 Å². The highest BCUT2D eigenvalue weighted by Gasteiger charge is 2.11. The molecule has 1 aromatic carbocycles. The van der Waals surface area contributed by atoms with Gasteiger partial charge in [-0.15, -0.1) is 0 Å². The summed E-state index contributed by atoms with van der Waals surface area (Å²) in [7, 11) is 0. The summed E-state index contributed by atoms with van der Waals surface area (Å²) in [5.74, 6) is 1.05. The van der Waals surface area contributed by atoms with E-state index in [-0.39, 0.29) is 0 Å². The van der Waals surface area contributed by atoms with E-state index in [4.69, 9.17) is 0 Å². The molecule has 0 saturated carbocycles. The van der Waals surface area contributed by atoms with Crippen LogP contribution in [0.3, 0.4) is 0 Å². The number of nitrogens with zero attached hydrogens (tertiary/aromatic N) is 2. The van der Waals surface area contributed by atoms with Gasteiger partial charge in [0.05, 0.1) is 11.4 Å². The van der Waals surface area contributed by atoms with Crippen molar-refractivity contribution >= 4 is 0 Å². The second kappa shape index (κ2) is 4.97. The molecule has 0 fully saturated rings. The number of hydrogen-bond acceptors (Lipinski definition) is 1. The summed E-state index contributed by atoms with van der Waals surface area (Å²) in [6.45, 7) is 10.9. The first-order valence-electron chi connectivity index (χ1n) is 6.65. The molecular weight excluding hydrogens is 220 g/mol. The topological polar surface area (TPSA) is 17.8 Å². The third kappa shape index (κ3) is 2.47. The molecule has 0 unspecified atom stereocenters. The molecule has 0 radical (unpaired) electrons. The standard InChI is InChI=1S/C16H22N2/c1-11(2)14-6-7-15(12(3)4)16(10-14)18-9-8-13(5)17-18/h6-12H,1-5H3. The smallest absolute Gasteiger partial charge is 0.0683 e. The zero-order valence-electron chi connectivity index (χ0n) is 11.9. The minimum Gasteiger partial charge on any atom is -0.240 e. The lowest BCUT2D eigenvalue weighted by molar-refractivity contribution is 0.790. The van der Waals surface area contributed by atoms with Crippen molar-refractivity contribution in [2.45, 2.75) is 46.5 Å². The van der Waals surface area contributed by atoms with Crippen molar-refractivity contribution in [1.82, 2.24) is 9.78 Å². The summed E-state index contributed by atoms with van der Waals surface area (Å²) in [6, 6.07) is 8.80. The van der Waals surface area contributed by atoms with Gasteiger partial charge in [0.1, 0.15) is 0 Å². The van der Waals surface area contributed by atoms with E-state index in [1.807, 2.05) is 23.9 Å². The zero-order valence-corrected chi connectivity index (χ0v) is 11.9. The highest BCUT2D eigenvalue weighted by Crippen LogP contribution is 2.26. The lowest BCUT2D eigenvalue weighted by atomic mass is 9.95. The average molecular weight is 242 g/mol. The fraction of sp³-hybridized carbons (Fsp3) is 0.438. The van der Waals surface area contributed by atoms with E-state index < -0.39 is 0 Å². The fourth-order valence-electron chi connectivity index (χ4n) is 2.16. The van der Waals surface area contributed by atoms with Crippen LogP contribution in [0, 0.1) is 6.92 Å². The van der Waals surface area contributed by atoms with Gasteiger partial charge in [0, 0.05) is 6.20 Å². The molecule has 0 bridgehead atoms. The Morgan fingerprint density at radius 1 is 1.00 bits per heavy atom. The lowest BCUT2D eigenvalue weighted by Gasteiger charge is -2.16.